The molecule has 2 heterocycles. The number of carbonyl (C=O) groups is 1. The van der Waals surface area contributed by atoms with Crippen LogP contribution in [-0.4, -0.2) is 22.4 Å². The SMILES string of the molecule is Nc1nc(C(=O)NCCc2ccncc2)cs1. The van der Waals surface area contributed by atoms with Gasteiger partial charge in [0, 0.05) is 24.3 Å². The van der Waals surface area contributed by atoms with Crippen molar-refractivity contribution in [2.24, 2.45) is 0 Å². The van der Waals surface area contributed by atoms with E-state index in [0.717, 1.165) is 12.0 Å². The number of hydrogen-bond acceptors (Lipinski definition) is 5. The molecule has 17 heavy (non-hydrogen) atoms. The van der Waals surface area contributed by atoms with Gasteiger partial charge in [0.05, 0.1) is 0 Å². The Labute approximate surface area is 103 Å². The maximum absolute atomic E-state index is 11.6. The van der Waals surface area contributed by atoms with Crippen LogP contribution in [0.5, 0.6) is 0 Å². The molecule has 0 spiro atoms. The lowest BCUT2D eigenvalue weighted by molar-refractivity contribution is 0.0950. The van der Waals surface area contributed by atoms with E-state index in [-0.39, 0.29) is 5.91 Å². The molecule has 0 atom stereocenters. The number of amides is 1. The topological polar surface area (TPSA) is 80.9 Å². The van der Waals surface area contributed by atoms with E-state index in [0.29, 0.717) is 17.4 Å². The van der Waals surface area contributed by atoms with Crippen molar-refractivity contribution in [3.8, 4) is 0 Å². The van der Waals surface area contributed by atoms with Gasteiger partial charge < -0.3 is 11.1 Å². The van der Waals surface area contributed by atoms with Gasteiger partial charge in [-0.2, -0.15) is 0 Å². The van der Waals surface area contributed by atoms with Crippen molar-refractivity contribution in [2.45, 2.75) is 6.42 Å². The lowest BCUT2D eigenvalue weighted by Crippen LogP contribution is -2.25. The van der Waals surface area contributed by atoms with E-state index < -0.39 is 0 Å². The fourth-order valence-electron chi connectivity index (χ4n) is 1.35. The number of thiazole rings is 1. The average molecular weight is 248 g/mol. The Morgan fingerprint density at radius 1 is 1.41 bits per heavy atom. The molecule has 0 aliphatic rings. The maximum atomic E-state index is 11.6. The maximum Gasteiger partial charge on any atom is 0.270 e. The zero-order valence-corrected chi connectivity index (χ0v) is 9.91. The Balaban J connectivity index is 1.81. The fraction of sp³-hybridized carbons (Fsp3) is 0.182. The number of hydrogen-bond donors (Lipinski definition) is 2. The summed E-state index contributed by atoms with van der Waals surface area (Å²) in [6, 6.07) is 3.85. The van der Waals surface area contributed by atoms with Crippen LogP contribution in [0.1, 0.15) is 16.1 Å². The van der Waals surface area contributed by atoms with Crippen LogP contribution in [0.25, 0.3) is 0 Å². The van der Waals surface area contributed by atoms with Gasteiger partial charge in [0.25, 0.3) is 5.91 Å². The number of aromatic nitrogens is 2. The number of anilines is 1. The fourth-order valence-corrected chi connectivity index (χ4v) is 1.90. The summed E-state index contributed by atoms with van der Waals surface area (Å²) in [5.41, 5.74) is 6.97. The summed E-state index contributed by atoms with van der Waals surface area (Å²) in [5.74, 6) is -0.188. The molecule has 3 N–H and O–H groups in total. The summed E-state index contributed by atoms with van der Waals surface area (Å²) >= 11 is 1.26. The molecule has 88 valence electrons. The van der Waals surface area contributed by atoms with Crippen molar-refractivity contribution in [3.63, 3.8) is 0 Å². The quantitative estimate of drug-likeness (QED) is 0.848. The first kappa shape index (κ1) is 11.5. The molecule has 5 nitrogen and oxygen atoms in total. The summed E-state index contributed by atoms with van der Waals surface area (Å²) in [4.78, 5) is 19.5. The molecule has 2 aromatic rings. The highest BCUT2D eigenvalue weighted by Crippen LogP contribution is 2.10. The third-order valence-electron chi connectivity index (χ3n) is 2.20. The minimum atomic E-state index is -0.188. The van der Waals surface area contributed by atoms with E-state index in [2.05, 4.69) is 15.3 Å². The van der Waals surface area contributed by atoms with Gasteiger partial charge in [-0.1, -0.05) is 0 Å². The van der Waals surface area contributed by atoms with E-state index in [9.17, 15) is 4.79 Å². The van der Waals surface area contributed by atoms with Gasteiger partial charge in [-0.05, 0) is 24.1 Å². The Hall–Kier alpha value is -1.95. The number of rotatable bonds is 4. The summed E-state index contributed by atoms with van der Waals surface area (Å²) in [7, 11) is 0. The molecular weight excluding hydrogens is 236 g/mol. The van der Waals surface area contributed by atoms with Crippen molar-refractivity contribution < 1.29 is 4.79 Å². The highest BCUT2D eigenvalue weighted by molar-refractivity contribution is 7.13. The monoisotopic (exact) mass is 248 g/mol. The van der Waals surface area contributed by atoms with Crippen LogP contribution in [0.4, 0.5) is 5.13 Å². The van der Waals surface area contributed by atoms with E-state index >= 15 is 0 Å². The van der Waals surface area contributed by atoms with Crippen molar-refractivity contribution in [1.29, 1.82) is 0 Å². The van der Waals surface area contributed by atoms with E-state index in [1.54, 1.807) is 17.8 Å². The van der Waals surface area contributed by atoms with Crippen LogP contribution in [0.15, 0.2) is 29.9 Å². The second-order valence-corrected chi connectivity index (χ2v) is 4.32. The van der Waals surface area contributed by atoms with Gasteiger partial charge in [0.15, 0.2) is 5.13 Å². The molecule has 0 radical (unpaired) electrons. The number of pyridine rings is 1. The van der Waals surface area contributed by atoms with E-state index in [4.69, 9.17) is 5.73 Å². The van der Waals surface area contributed by atoms with Gasteiger partial charge in [-0.15, -0.1) is 11.3 Å². The first-order valence-corrected chi connectivity index (χ1v) is 6.02. The van der Waals surface area contributed by atoms with Gasteiger partial charge >= 0.3 is 0 Å². The van der Waals surface area contributed by atoms with E-state index in [1.165, 1.54) is 11.3 Å². The molecule has 2 rings (SSSR count). The highest BCUT2D eigenvalue weighted by Gasteiger charge is 2.08. The zero-order valence-electron chi connectivity index (χ0n) is 9.09. The molecule has 1 amide bonds. The Bertz CT molecular complexity index is 497. The van der Waals surface area contributed by atoms with Crippen LogP contribution in [0, 0.1) is 0 Å². The Morgan fingerprint density at radius 3 is 2.82 bits per heavy atom. The third-order valence-corrected chi connectivity index (χ3v) is 2.88. The molecule has 2 aromatic heterocycles. The van der Waals surface area contributed by atoms with Gasteiger partial charge in [0.2, 0.25) is 0 Å². The lowest BCUT2D eigenvalue weighted by atomic mass is 10.2. The second kappa shape index (κ2) is 5.40. The normalized spacial score (nSPS) is 10.1. The number of nitrogens with zero attached hydrogens (tertiary/aromatic N) is 2. The summed E-state index contributed by atoms with van der Waals surface area (Å²) in [5, 5.41) is 4.85. The molecule has 0 saturated heterocycles. The second-order valence-electron chi connectivity index (χ2n) is 3.43. The minimum absolute atomic E-state index is 0.188. The largest absolute Gasteiger partial charge is 0.375 e. The molecule has 0 aliphatic carbocycles. The predicted molar refractivity (Wildman–Crippen MR) is 66.8 cm³/mol. The smallest absolute Gasteiger partial charge is 0.270 e. The molecule has 0 aromatic carbocycles. The zero-order chi connectivity index (χ0) is 12.1. The summed E-state index contributed by atoms with van der Waals surface area (Å²) in [6.07, 6.45) is 4.24. The summed E-state index contributed by atoms with van der Waals surface area (Å²) in [6.45, 7) is 0.570. The van der Waals surface area contributed by atoms with E-state index in [1.807, 2.05) is 12.1 Å². The molecular formula is C11H12N4OS. The first-order chi connectivity index (χ1) is 8.25. The van der Waals surface area contributed by atoms with Gasteiger partial charge in [0.1, 0.15) is 5.69 Å². The predicted octanol–water partition coefficient (Wildman–Crippen LogP) is 1.09. The van der Waals surface area contributed by atoms with Crippen LogP contribution in [0.2, 0.25) is 0 Å². The van der Waals surface area contributed by atoms with Crippen molar-refractivity contribution >= 4 is 22.4 Å². The number of carbonyl (C=O) groups excluding carboxylic acids is 1. The molecule has 0 saturated carbocycles. The number of nitrogen functional groups attached to an aromatic ring is 1. The minimum Gasteiger partial charge on any atom is -0.375 e. The average Bonchev–Trinajstić information content (AvgIpc) is 2.77. The van der Waals surface area contributed by atoms with Gasteiger partial charge in [-0.25, -0.2) is 4.98 Å². The third kappa shape index (κ3) is 3.25. The Kier molecular flexibility index (Phi) is 3.66. The van der Waals surface area contributed by atoms with Crippen LogP contribution in [-0.2, 0) is 6.42 Å². The van der Waals surface area contributed by atoms with Crippen molar-refractivity contribution in [3.05, 3.63) is 41.2 Å². The molecule has 0 aliphatic heterocycles. The van der Waals surface area contributed by atoms with Crippen LogP contribution < -0.4 is 11.1 Å². The van der Waals surface area contributed by atoms with Crippen LogP contribution >= 0.6 is 11.3 Å². The number of nitrogens with two attached hydrogens (primary N) is 1. The van der Waals surface area contributed by atoms with Crippen LogP contribution in [0.3, 0.4) is 0 Å². The standard InChI is InChI=1S/C11H12N4OS/c12-11-15-9(7-17-11)10(16)14-6-3-8-1-4-13-5-2-8/h1-2,4-5,7H,3,6H2,(H2,12,15)(H,14,16). The van der Waals surface area contributed by atoms with Crippen molar-refractivity contribution in [1.82, 2.24) is 15.3 Å². The molecule has 0 fully saturated rings. The first-order valence-electron chi connectivity index (χ1n) is 5.14. The molecule has 6 heteroatoms. The Morgan fingerprint density at radius 2 is 2.18 bits per heavy atom. The van der Waals surface area contributed by atoms with Gasteiger partial charge in [-0.3, -0.25) is 9.78 Å². The molecule has 0 bridgehead atoms. The highest BCUT2D eigenvalue weighted by atomic mass is 32.1. The summed E-state index contributed by atoms with van der Waals surface area (Å²) < 4.78 is 0. The van der Waals surface area contributed by atoms with Crippen molar-refractivity contribution in [2.75, 3.05) is 12.3 Å². The number of nitrogens with one attached hydrogen (secondary N) is 1. The molecule has 0 unspecified atom stereocenters. The lowest BCUT2D eigenvalue weighted by Gasteiger charge is -2.02.